The SMILES string of the molecule is CNC(c1ccc(OC(F)F)cc1)c1nccn1C. The third kappa shape index (κ3) is 3.08. The Balaban J connectivity index is 2.22. The monoisotopic (exact) mass is 267 g/mol. The number of hydrogen-bond donors (Lipinski definition) is 1. The molecule has 0 radical (unpaired) electrons. The fourth-order valence-electron chi connectivity index (χ4n) is 1.94. The van der Waals surface area contributed by atoms with Crippen molar-refractivity contribution in [3.8, 4) is 5.75 Å². The number of imidazole rings is 1. The van der Waals surface area contributed by atoms with Crippen molar-refractivity contribution in [1.29, 1.82) is 0 Å². The lowest BCUT2D eigenvalue weighted by Gasteiger charge is -2.17. The maximum atomic E-state index is 12.1. The molecule has 1 unspecified atom stereocenters. The lowest BCUT2D eigenvalue weighted by atomic mass is 10.1. The summed E-state index contributed by atoms with van der Waals surface area (Å²) >= 11 is 0. The van der Waals surface area contributed by atoms with Crippen LogP contribution in [-0.2, 0) is 7.05 Å². The molecule has 0 saturated carbocycles. The molecule has 2 aromatic rings. The summed E-state index contributed by atoms with van der Waals surface area (Å²) in [5.41, 5.74) is 0.929. The van der Waals surface area contributed by atoms with E-state index in [-0.39, 0.29) is 11.8 Å². The third-order valence-corrected chi connectivity index (χ3v) is 2.84. The molecule has 0 spiro atoms. The van der Waals surface area contributed by atoms with Crippen LogP contribution in [0.5, 0.6) is 5.75 Å². The largest absolute Gasteiger partial charge is 0.435 e. The van der Waals surface area contributed by atoms with Gasteiger partial charge in [-0.15, -0.1) is 0 Å². The van der Waals surface area contributed by atoms with Crippen molar-refractivity contribution in [1.82, 2.24) is 14.9 Å². The van der Waals surface area contributed by atoms with Gasteiger partial charge in [0.15, 0.2) is 0 Å². The molecule has 4 nitrogen and oxygen atoms in total. The summed E-state index contributed by atoms with van der Waals surface area (Å²) in [6, 6.07) is 6.44. The van der Waals surface area contributed by atoms with Gasteiger partial charge in [0.2, 0.25) is 0 Å². The summed E-state index contributed by atoms with van der Waals surface area (Å²) in [6.07, 6.45) is 3.57. The number of ether oxygens (including phenoxy) is 1. The van der Waals surface area contributed by atoms with E-state index in [0.717, 1.165) is 11.4 Å². The van der Waals surface area contributed by atoms with Crippen LogP contribution in [0.4, 0.5) is 8.78 Å². The van der Waals surface area contributed by atoms with Gasteiger partial charge in [0.1, 0.15) is 11.6 Å². The standard InChI is InChI=1S/C13H15F2N3O/c1-16-11(12-17-7-8-18(12)2)9-3-5-10(6-4-9)19-13(14)15/h3-8,11,13,16H,1-2H3. The first-order valence-electron chi connectivity index (χ1n) is 5.81. The Morgan fingerprint density at radius 2 is 1.95 bits per heavy atom. The molecule has 0 fully saturated rings. The first kappa shape index (κ1) is 13.5. The number of rotatable bonds is 5. The van der Waals surface area contributed by atoms with Crippen LogP contribution in [0.15, 0.2) is 36.7 Å². The molecule has 1 aromatic heterocycles. The van der Waals surface area contributed by atoms with Gasteiger partial charge in [0.05, 0.1) is 6.04 Å². The van der Waals surface area contributed by atoms with Gasteiger partial charge in [-0.2, -0.15) is 8.78 Å². The summed E-state index contributed by atoms with van der Waals surface area (Å²) < 4.78 is 30.4. The molecule has 1 atom stereocenters. The zero-order valence-corrected chi connectivity index (χ0v) is 10.7. The predicted octanol–water partition coefficient (Wildman–Crippen LogP) is 2.33. The van der Waals surface area contributed by atoms with E-state index in [4.69, 9.17) is 0 Å². The summed E-state index contributed by atoms with van der Waals surface area (Å²) in [5.74, 6) is 0.999. The van der Waals surface area contributed by atoms with Crippen molar-refractivity contribution in [3.05, 3.63) is 48.0 Å². The molecule has 1 heterocycles. The van der Waals surface area contributed by atoms with E-state index in [1.807, 2.05) is 24.9 Å². The molecule has 2 rings (SSSR count). The highest BCUT2D eigenvalue weighted by atomic mass is 19.3. The van der Waals surface area contributed by atoms with Crippen LogP contribution in [0.25, 0.3) is 0 Å². The summed E-state index contributed by atoms with van der Waals surface area (Å²) in [5, 5.41) is 3.15. The molecular formula is C13H15F2N3O. The number of nitrogens with one attached hydrogen (secondary N) is 1. The van der Waals surface area contributed by atoms with Crippen molar-refractivity contribution < 1.29 is 13.5 Å². The van der Waals surface area contributed by atoms with Crippen molar-refractivity contribution in [2.24, 2.45) is 7.05 Å². The Morgan fingerprint density at radius 3 is 2.42 bits per heavy atom. The number of halogens is 2. The Labute approximate surface area is 110 Å². The van der Waals surface area contributed by atoms with Crippen LogP contribution in [-0.4, -0.2) is 23.2 Å². The second kappa shape index (κ2) is 5.79. The summed E-state index contributed by atoms with van der Waals surface area (Å²) in [7, 11) is 3.73. The Morgan fingerprint density at radius 1 is 1.26 bits per heavy atom. The normalized spacial score (nSPS) is 12.7. The fraction of sp³-hybridized carbons (Fsp3) is 0.308. The number of aromatic nitrogens is 2. The minimum atomic E-state index is -2.81. The highest BCUT2D eigenvalue weighted by molar-refractivity contribution is 5.32. The molecule has 19 heavy (non-hydrogen) atoms. The number of hydrogen-bond acceptors (Lipinski definition) is 3. The predicted molar refractivity (Wildman–Crippen MR) is 67.2 cm³/mol. The van der Waals surface area contributed by atoms with E-state index in [0.29, 0.717) is 0 Å². The van der Waals surface area contributed by atoms with E-state index in [2.05, 4.69) is 15.0 Å². The second-order valence-corrected chi connectivity index (χ2v) is 4.07. The molecule has 1 N–H and O–H groups in total. The smallest absolute Gasteiger partial charge is 0.387 e. The minimum Gasteiger partial charge on any atom is -0.435 e. The van der Waals surface area contributed by atoms with Crippen molar-refractivity contribution >= 4 is 0 Å². The molecular weight excluding hydrogens is 252 g/mol. The average Bonchev–Trinajstić information content (AvgIpc) is 2.78. The first-order valence-corrected chi connectivity index (χ1v) is 5.81. The van der Waals surface area contributed by atoms with Gasteiger partial charge >= 0.3 is 6.61 Å². The number of alkyl halides is 2. The second-order valence-electron chi connectivity index (χ2n) is 4.07. The zero-order valence-electron chi connectivity index (χ0n) is 10.7. The van der Waals surface area contributed by atoms with Gasteiger partial charge in [-0.25, -0.2) is 4.98 Å². The maximum absolute atomic E-state index is 12.1. The molecule has 102 valence electrons. The van der Waals surface area contributed by atoms with Crippen LogP contribution < -0.4 is 10.1 Å². The quantitative estimate of drug-likeness (QED) is 0.903. The van der Waals surface area contributed by atoms with Crippen LogP contribution in [0.3, 0.4) is 0 Å². The molecule has 0 aliphatic rings. The van der Waals surface area contributed by atoms with E-state index >= 15 is 0 Å². The summed E-state index contributed by atoms with van der Waals surface area (Å²) in [4.78, 5) is 4.28. The van der Waals surface area contributed by atoms with Crippen LogP contribution in [0.2, 0.25) is 0 Å². The van der Waals surface area contributed by atoms with E-state index in [1.54, 1.807) is 18.3 Å². The zero-order chi connectivity index (χ0) is 13.8. The summed E-state index contributed by atoms with van der Waals surface area (Å²) in [6.45, 7) is -2.81. The molecule has 6 heteroatoms. The molecule has 0 aliphatic heterocycles. The number of benzene rings is 1. The molecule has 1 aromatic carbocycles. The van der Waals surface area contributed by atoms with Crippen LogP contribution >= 0.6 is 0 Å². The van der Waals surface area contributed by atoms with Crippen LogP contribution in [0, 0.1) is 0 Å². The van der Waals surface area contributed by atoms with Crippen molar-refractivity contribution in [3.63, 3.8) is 0 Å². The number of nitrogens with zero attached hydrogens (tertiary/aromatic N) is 2. The van der Waals surface area contributed by atoms with Crippen molar-refractivity contribution in [2.45, 2.75) is 12.7 Å². The highest BCUT2D eigenvalue weighted by Crippen LogP contribution is 2.23. The lowest BCUT2D eigenvalue weighted by molar-refractivity contribution is -0.0498. The average molecular weight is 267 g/mol. The van der Waals surface area contributed by atoms with Gasteiger partial charge in [0, 0.05) is 19.4 Å². The Kier molecular flexibility index (Phi) is 4.11. The molecule has 0 bridgehead atoms. The van der Waals surface area contributed by atoms with Crippen LogP contribution in [0.1, 0.15) is 17.4 Å². The fourth-order valence-corrected chi connectivity index (χ4v) is 1.94. The molecule has 0 saturated heterocycles. The van der Waals surface area contributed by atoms with E-state index in [1.165, 1.54) is 12.1 Å². The maximum Gasteiger partial charge on any atom is 0.387 e. The Hall–Kier alpha value is -1.95. The molecule has 0 amide bonds. The van der Waals surface area contributed by atoms with E-state index in [9.17, 15) is 8.78 Å². The number of aryl methyl sites for hydroxylation is 1. The van der Waals surface area contributed by atoms with Gasteiger partial charge in [0.25, 0.3) is 0 Å². The lowest BCUT2D eigenvalue weighted by Crippen LogP contribution is -2.21. The van der Waals surface area contributed by atoms with Gasteiger partial charge in [-0.1, -0.05) is 12.1 Å². The van der Waals surface area contributed by atoms with E-state index < -0.39 is 6.61 Å². The van der Waals surface area contributed by atoms with Crippen molar-refractivity contribution in [2.75, 3.05) is 7.05 Å². The van der Waals surface area contributed by atoms with Gasteiger partial charge in [-0.05, 0) is 24.7 Å². The minimum absolute atomic E-state index is 0.0967. The van der Waals surface area contributed by atoms with Gasteiger partial charge in [-0.3, -0.25) is 0 Å². The van der Waals surface area contributed by atoms with Gasteiger partial charge < -0.3 is 14.6 Å². The molecule has 0 aliphatic carbocycles. The topological polar surface area (TPSA) is 39.1 Å². The third-order valence-electron chi connectivity index (χ3n) is 2.84. The first-order chi connectivity index (χ1) is 9.11. The highest BCUT2D eigenvalue weighted by Gasteiger charge is 2.16. The Bertz CT molecular complexity index is 525.